The maximum atomic E-state index is 12.6. The van der Waals surface area contributed by atoms with Gasteiger partial charge in [0.1, 0.15) is 6.61 Å². The molecule has 1 unspecified atom stereocenters. The molecule has 0 aliphatic heterocycles. The minimum absolute atomic E-state index is 0.0156. The highest BCUT2D eigenvalue weighted by molar-refractivity contribution is 5.84. The molecule has 1 aromatic rings. The normalized spacial score (nSPS) is 25.6. The summed E-state index contributed by atoms with van der Waals surface area (Å²) in [6.07, 6.45) is 1.54. The highest BCUT2D eigenvalue weighted by Gasteiger charge is 2.49. The predicted molar refractivity (Wildman–Crippen MR) is 80.5 cm³/mol. The van der Waals surface area contributed by atoms with Crippen LogP contribution in [0.15, 0.2) is 30.3 Å². The van der Waals surface area contributed by atoms with Crippen LogP contribution >= 0.6 is 0 Å². The average Bonchev–Trinajstić information content (AvgIpc) is 2.42. The van der Waals surface area contributed by atoms with E-state index in [1.54, 1.807) is 0 Å². The minimum atomic E-state index is -0.547. The smallest absolute Gasteiger partial charge is 0.302 e. The number of ether oxygens (including phenoxy) is 1. The molecule has 114 valence electrons. The maximum absolute atomic E-state index is 12.6. The fourth-order valence-corrected chi connectivity index (χ4v) is 3.06. The van der Waals surface area contributed by atoms with Gasteiger partial charge in [0.25, 0.3) is 0 Å². The summed E-state index contributed by atoms with van der Waals surface area (Å²) in [5.41, 5.74) is 0.523. The number of carbonyl (C=O) groups is 2. The van der Waals surface area contributed by atoms with Gasteiger partial charge in [0, 0.05) is 6.92 Å². The van der Waals surface area contributed by atoms with Gasteiger partial charge in [-0.15, -0.1) is 0 Å². The van der Waals surface area contributed by atoms with Crippen LogP contribution in [0.25, 0.3) is 0 Å². The summed E-state index contributed by atoms with van der Waals surface area (Å²) in [6, 6.07) is 9.80. The number of esters is 1. The first-order valence-electron chi connectivity index (χ1n) is 7.42. The van der Waals surface area contributed by atoms with Crippen LogP contribution in [0.5, 0.6) is 0 Å². The van der Waals surface area contributed by atoms with Crippen molar-refractivity contribution in [2.45, 2.75) is 39.7 Å². The molecule has 21 heavy (non-hydrogen) atoms. The summed E-state index contributed by atoms with van der Waals surface area (Å²) in [7, 11) is 0. The van der Waals surface area contributed by atoms with E-state index >= 15 is 0 Å². The average molecular weight is 289 g/mol. The van der Waals surface area contributed by atoms with Gasteiger partial charge in [0.2, 0.25) is 5.91 Å². The summed E-state index contributed by atoms with van der Waals surface area (Å²) in [5, 5.41) is 3.05. The Morgan fingerprint density at radius 1 is 1.33 bits per heavy atom. The Morgan fingerprint density at radius 2 is 1.95 bits per heavy atom. The van der Waals surface area contributed by atoms with Crippen LogP contribution in [0.2, 0.25) is 0 Å². The molecule has 1 aliphatic carbocycles. The zero-order valence-electron chi connectivity index (χ0n) is 12.9. The number of benzene rings is 1. The van der Waals surface area contributed by atoms with E-state index in [-0.39, 0.29) is 24.5 Å². The van der Waals surface area contributed by atoms with Gasteiger partial charge < -0.3 is 10.1 Å². The third-order valence-corrected chi connectivity index (χ3v) is 4.16. The van der Waals surface area contributed by atoms with Crippen LogP contribution in [0, 0.1) is 11.3 Å². The Morgan fingerprint density at radius 3 is 2.48 bits per heavy atom. The van der Waals surface area contributed by atoms with E-state index in [0.29, 0.717) is 5.92 Å². The number of hydrogen-bond acceptors (Lipinski definition) is 3. The molecule has 0 aromatic heterocycles. The number of carbonyl (C=O) groups excluding carboxylic acids is 2. The summed E-state index contributed by atoms with van der Waals surface area (Å²) in [5.74, 6) is 0.148. The molecule has 0 spiro atoms. The standard InChI is InChI=1S/C17H23NO3/c1-12-9-17(10-12,11-21-14(3)19)16(20)18-13(2)15-7-5-4-6-8-15/h4-8,12-13H,9-11H2,1-3H3,(H,18,20). The second-order valence-corrected chi connectivity index (χ2v) is 6.18. The molecule has 0 heterocycles. The van der Waals surface area contributed by atoms with E-state index in [4.69, 9.17) is 4.74 Å². The van der Waals surface area contributed by atoms with E-state index in [1.807, 2.05) is 37.3 Å². The predicted octanol–water partition coefficient (Wildman–Crippen LogP) is 2.84. The van der Waals surface area contributed by atoms with Crippen molar-refractivity contribution < 1.29 is 14.3 Å². The third-order valence-electron chi connectivity index (χ3n) is 4.16. The van der Waals surface area contributed by atoms with Gasteiger partial charge >= 0.3 is 5.97 Å². The molecule has 1 amide bonds. The summed E-state index contributed by atoms with van der Waals surface area (Å²) in [6.45, 7) is 5.63. The van der Waals surface area contributed by atoms with Crippen molar-refractivity contribution in [1.29, 1.82) is 0 Å². The van der Waals surface area contributed by atoms with E-state index in [0.717, 1.165) is 18.4 Å². The Hall–Kier alpha value is -1.84. The lowest BCUT2D eigenvalue weighted by Gasteiger charge is -2.44. The van der Waals surface area contributed by atoms with Crippen molar-refractivity contribution >= 4 is 11.9 Å². The minimum Gasteiger partial charge on any atom is -0.465 e. The van der Waals surface area contributed by atoms with Crippen molar-refractivity contribution in [2.24, 2.45) is 11.3 Å². The SMILES string of the molecule is CC(=O)OCC1(C(=O)NC(C)c2ccccc2)CC(C)C1. The molecule has 1 aromatic carbocycles. The van der Waals surface area contributed by atoms with Gasteiger partial charge in [-0.05, 0) is 31.2 Å². The molecule has 1 N–H and O–H groups in total. The fraction of sp³-hybridized carbons (Fsp3) is 0.529. The first-order chi connectivity index (χ1) is 9.93. The topological polar surface area (TPSA) is 55.4 Å². The zero-order chi connectivity index (χ0) is 15.5. The monoisotopic (exact) mass is 289 g/mol. The van der Waals surface area contributed by atoms with Crippen molar-refractivity contribution in [2.75, 3.05) is 6.61 Å². The molecule has 1 fully saturated rings. The Labute approximate surface area is 125 Å². The van der Waals surface area contributed by atoms with Crippen LogP contribution in [-0.2, 0) is 14.3 Å². The number of amides is 1. The molecule has 0 bridgehead atoms. The fourth-order valence-electron chi connectivity index (χ4n) is 3.06. The van der Waals surface area contributed by atoms with Gasteiger partial charge in [0.05, 0.1) is 11.5 Å². The first kappa shape index (κ1) is 15.5. The lowest BCUT2D eigenvalue weighted by Crippen LogP contribution is -2.52. The van der Waals surface area contributed by atoms with Gasteiger partial charge in [-0.1, -0.05) is 37.3 Å². The number of nitrogens with one attached hydrogen (secondary N) is 1. The number of rotatable bonds is 5. The highest BCUT2D eigenvalue weighted by atomic mass is 16.5. The van der Waals surface area contributed by atoms with Crippen molar-refractivity contribution in [3.63, 3.8) is 0 Å². The zero-order valence-corrected chi connectivity index (χ0v) is 12.9. The molecule has 1 atom stereocenters. The van der Waals surface area contributed by atoms with Crippen molar-refractivity contribution in [1.82, 2.24) is 5.32 Å². The molecule has 4 heteroatoms. The van der Waals surface area contributed by atoms with Gasteiger partial charge in [-0.3, -0.25) is 9.59 Å². The van der Waals surface area contributed by atoms with E-state index in [9.17, 15) is 9.59 Å². The molecule has 2 rings (SSSR count). The summed E-state index contributed by atoms with van der Waals surface area (Å²) >= 11 is 0. The van der Waals surface area contributed by atoms with Crippen LogP contribution in [0.3, 0.4) is 0 Å². The van der Waals surface area contributed by atoms with E-state index in [1.165, 1.54) is 6.92 Å². The lowest BCUT2D eigenvalue weighted by molar-refractivity contribution is -0.156. The number of hydrogen-bond donors (Lipinski definition) is 1. The van der Waals surface area contributed by atoms with E-state index in [2.05, 4.69) is 12.2 Å². The van der Waals surface area contributed by atoms with Crippen LogP contribution in [0.4, 0.5) is 0 Å². The molecular formula is C17H23NO3. The Bertz CT molecular complexity index is 506. The molecular weight excluding hydrogens is 266 g/mol. The molecule has 1 aliphatic rings. The molecule has 0 radical (unpaired) electrons. The van der Waals surface area contributed by atoms with Gasteiger partial charge in [-0.2, -0.15) is 0 Å². The maximum Gasteiger partial charge on any atom is 0.302 e. The van der Waals surface area contributed by atoms with Crippen molar-refractivity contribution in [3.05, 3.63) is 35.9 Å². The van der Waals surface area contributed by atoms with Crippen LogP contribution in [-0.4, -0.2) is 18.5 Å². The first-order valence-corrected chi connectivity index (χ1v) is 7.42. The van der Waals surface area contributed by atoms with Crippen molar-refractivity contribution in [3.8, 4) is 0 Å². The lowest BCUT2D eigenvalue weighted by atomic mass is 9.62. The molecule has 4 nitrogen and oxygen atoms in total. The second-order valence-electron chi connectivity index (χ2n) is 6.18. The van der Waals surface area contributed by atoms with Crippen LogP contribution in [0.1, 0.15) is 45.2 Å². The largest absolute Gasteiger partial charge is 0.465 e. The summed E-state index contributed by atoms with van der Waals surface area (Å²) < 4.78 is 5.11. The van der Waals surface area contributed by atoms with E-state index < -0.39 is 5.41 Å². The highest BCUT2D eigenvalue weighted by Crippen LogP contribution is 2.46. The molecule has 0 saturated heterocycles. The van der Waals surface area contributed by atoms with Gasteiger partial charge in [-0.25, -0.2) is 0 Å². The third kappa shape index (κ3) is 3.63. The second kappa shape index (κ2) is 6.29. The van der Waals surface area contributed by atoms with Crippen LogP contribution < -0.4 is 5.32 Å². The Kier molecular flexibility index (Phi) is 4.66. The summed E-state index contributed by atoms with van der Waals surface area (Å²) in [4.78, 5) is 23.6. The van der Waals surface area contributed by atoms with Gasteiger partial charge in [0.15, 0.2) is 0 Å². The molecule has 1 saturated carbocycles. The Balaban J connectivity index is 2.01. The quantitative estimate of drug-likeness (QED) is 0.848.